The highest BCUT2D eigenvalue weighted by molar-refractivity contribution is 7.14. The number of hydrogen-bond donors (Lipinski definition) is 1. The van der Waals surface area contributed by atoms with Gasteiger partial charge in [-0.15, -0.1) is 11.3 Å². The van der Waals surface area contributed by atoms with Gasteiger partial charge in [-0.25, -0.2) is 9.59 Å². The first-order chi connectivity index (χ1) is 8.61. The summed E-state index contributed by atoms with van der Waals surface area (Å²) in [6.07, 6.45) is 0. The van der Waals surface area contributed by atoms with Crippen molar-refractivity contribution in [2.24, 2.45) is 5.41 Å². The standard InChI is InChI=1S/C14H20O4S/c1-8(2)10-6-9(12(15)16)11(19-10)13(17)18-7-14(3,4)5/h6,8H,7H2,1-5H3,(H,15,16). The van der Waals surface area contributed by atoms with Crippen LogP contribution in [0.25, 0.3) is 0 Å². The Morgan fingerprint density at radius 3 is 2.37 bits per heavy atom. The van der Waals surface area contributed by atoms with E-state index in [2.05, 4.69) is 0 Å². The highest BCUT2D eigenvalue weighted by Gasteiger charge is 2.24. The van der Waals surface area contributed by atoms with E-state index in [4.69, 9.17) is 9.84 Å². The number of carbonyl (C=O) groups is 2. The Hall–Kier alpha value is -1.36. The summed E-state index contributed by atoms with van der Waals surface area (Å²) in [5, 5.41) is 9.14. The molecule has 4 nitrogen and oxygen atoms in total. The van der Waals surface area contributed by atoms with Gasteiger partial charge < -0.3 is 9.84 Å². The molecule has 0 aromatic carbocycles. The number of rotatable bonds is 4. The normalized spacial score (nSPS) is 11.7. The van der Waals surface area contributed by atoms with Crippen LogP contribution in [0.15, 0.2) is 6.07 Å². The van der Waals surface area contributed by atoms with Crippen molar-refractivity contribution in [3.8, 4) is 0 Å². The van der Waals surface area contributed by atoms with Crippen LogP contribution in [0.4, 0.5) is 0 Å². The van der Waals surface area contributed by atoms with Gasteiger partial charge in [0.25, 0.3) is 0 Å². The van der Waals surface area contributed by atoms with Crippen LogP contribution in [0.3, 0.4) is 0 Å². The molecule has 1 N–H and O–H groups in total. The van der Waals surface area contributed by atoms with Gasteiger partial charge in [0.1, 0.15) is 4.88 Å². The summed E-state index contributed by atoms with van der Waals surface area (Å²) >= 11 is 1.20. The van der Waals surface area contributed by atoms with Gasteiger partial charge in [0.05, 0.1) is 12.2 Å². The molecule has 0 radical (unpaired) electrons. The van der Waals surface area contributed by atoms with E-state index in [9.17, 15) is 9.59 Å². The molecule has 1 aromatic heterocycles. The Morgan fingerprint density at radius 1 is 1.37 bits per heavy atom. The molecule has 0 aliphatic heterocycles. The van der Waals surface area contributed by atoms with E-state index in [1.54, 1.807) is 6.07 Å². The average molecular weight is 284 g/mol. The van der Waals surface area contributed by atoms with E-state index in [0.717, 1.165) is 4.88 Å². The highest BCUT2D eigenvalue weighted by atomic mass is 32.1. The molecule has 0 saturated heterocycles. The summed E-state index contributed by atoms with van der Waals surface area (Å²) in [6.45, 7) is 10.0. The van der Waals surface area contributed by atoms with Gasteiger partial charge in [0.15, 0.2) is 0 Å². The summed E-state index contributed by atoms with van der Waals surface area (Å²) < 4.78 is 5.18. The number of thiophene rings is 1. The van der Waals surface area contributed by atoms with Crippen LogP contribution < -0.4 is 0 Å². The van der Waals surface area contributed by atoms with Crippen LogP contribution in [-0.4, -0.2) is 23.7 Å². The van der Waals surface area contributed by atoms with E-state index in [0.29, 0.717) is 0 Å². The van der Waals surface area contributed by atoms with Gasteiger partial charge in [-0.1, -0.05) is 34.6 Å². The lowest BCUT2D eigenvalue weighted by Crippen LogP contribution is -2.19. The molecule has 106 valence electrons. The van der Waals surface area contributed by atoms with Crippen molar-refractivity contribution in [2.45, 2.75) is 40.5 Å². The maximum atomic E-state index is 12.0. The second kappa shape index (κ2) is 5.74. The SMILES string of the molecule is CC(C)c1cc(C(=O)O)c(C(=O)OCC(C)(C)C)s1. The molecule has 19 heavy (non-hydrogen) atoms. The van der Waals surface area contributed by atoms with E-state index in [1.165, 1.54) is 11.3 Å². The zero-order valence-corrected chi connectivity index (χ0v) is 12.8. The maximum Gasteiger partial charge on any atom is 0.349 e. The van der Waals surface area contributed by atoms with E-state index < -0.39 is 11.9 Å². The molecule has 0 fully saturated rings. The van der Waals surface area contributed by atoms with Crippen LogP contribution >= 0.6 is 11.3 Å². The van der Waals surface area contributed by atoms with Gasteiger partial charge in [-0.3, -0.25) is 0 Å². The summed E-state index contributed by atoms with van der Waals surface area (Å²) in [5.41, 5.74) is -0.107. The lowest BCUT2D eigenvalue weighted by atomic mass is 9.99. The third-order valence-corrected chi connectivity index (χ3v) is 3.79. The minimum absolute atomic E-state index is 0.0348. The van der Waals surface area contributed by atoms with Crippen molar-refractivity contribution in [3.05, 3.63) is 21.4 Å². The van der Waals surface area contributed by atoms with Crippen LogP contribution in [0.1, 0.15) is 65.4 Å². The molecule has 0 aliphatic rings. The van der Waals surface area contributed by atoms with Crippen LogP contribution in [-0.2, 0) is 4.74 Å². The molecule has 0 unspecified atom stereocenters. The summed E-state index contributed by atoms with van der Waals surface area (Å²) in [5.74, 6) is -1.46. The first-order valence-corrected chi connectivity index (χ1v) is 6.97. The lowest BCUT2D eigenvalue weighted by Gasteiger charge is -2.17. The fraction of sp³-hybridized carbons (Fsp3) is 0.571. The predicted molar refractivity (Wildman–Crippen MR) is 75.1 cm³/mol. The van der Waals surface area contributed by atoms with Gasteiger partial charge >= 0.3 is 11.9 Å². The first kappa shape index (κ1) is 15.7. The number of aromatic carboxylic acids is 1. The Morgan fingerprint density at radius 2 is 1.95 bits per heavy atom. The molecule has 1 rings (SSSR count). The number of hydrogen-bond acceptors (Lipinski definition) is 4. The monoisotopic (exact) mass is 284 g/mol. The number of ether oxygens (including phenoxy) is 1. The van der Waals surface area contributed by atoms with Crippen LogP contribution in [0, 0.1) is 5.41 Å². The molecule has 0 bridgehead atoms. The lowest BCUT2D eigenvalue weighted by molar-refractivity contribution is 0.0367. The number of carboxylic acid groups (broad SMARTS) is 1. The Balaban J connectivity index is 2.98. The topological polar surface area (TPSA) is 63.6 Å². The fourth-order valence-corrected chi connectivity index (χ4v) is 2.40. The fourth-order valence-electron chi connectivity index (χ4n) is 1.35. The van der Waals surface area contributed by atoms with Crippen molar-refractivity contribution in [1.82, 2.24) is 0 Å². The van der Waals surface area contributed by atoms with Gasteiger partial charge in [0.2, 0.25) is 0 Å². The van der Waals surface area contributed by atoms with E-state index in [1.807, 2.05) is 34.6 Å². The number of carboxylic acids is 1. The maximum absolute atomic E-state index is 12.0. The Bertz CT molecular complexity index is 480. The highest BCUT2D eigenvalue weighted by Crippen LogP contribution is 2.29. The summed E-state index contributed by atoms with van der Waals surface area (Å²) in [6, 6.07) is 1.56. The van der Waals surface area contributed by atoms with Gasteiger partial charge in [-0.2, -0.15) is 0 Å². The molecule has 5 heteroatoms. The second-order valence-corrected chi connectivity index (χ2v) is 7.07. The quantitative estimate of drug-likeness (QED) is 0.855. The molecule has 0 saturated carbocycles. The molecular formula is C14H20O4S. The zero-order valence-electron chi connectivity index (χ0n) is 11.9. The van der Waals surface area contributed by atoms with Gasteiger partial charge in [-0.05, 0) is 17.4 Å². The Labute approximate surface area is 117 Å². The van der Waals surface area contributed by atoms with Crippen LogP contribution in [0.2, 0.25) is 0 Å². The largest absolute Gasteiger partial charge is 0.478 e. The molecule has 0 aliphatic carbocycles. The molecule has 0 spiro atoms. The van der Waals surface area contributed by atoms with Crippen molar-refractivity contribution in [3.63, 3.8) is 0 Å². The summed E-state index contributed by atoms with van der Waals surface area (Å²) in [7, 11) is 0. The zero-order chi connectivity index (χ0) is 14.8. The molecule has 1 aromatic rings. The molecule has 0 atom stereocenters. The van der Waals surface area contributed by atoms with E-state index >= 15 is 0 Å². The first-order valence-electron chi connectivity index (χ1n) is 6.16. The summed E-state index contributed by atoms with van der Waals surface area (Å²) in [4.78, 5) is 24.2. The molecule has 0 amide bonds. The molecule has 1 heterocycles. The third kappa shape index (κ3) is 4.35. The van der Waals surface area contributed by atoms with E-state index in [-0.39, 0.29) is 28.4 Å². The third-order valence-electron chi connectivity index (χ3n) is 2.37. The van der Waals surface area contributed by atoms with Crippen LogP contribution in [0.5, 0.6) is 0 Å². The minimum atomic E-state index is -1.09. The minimum Gasteiger partial charge on any atom is -0.478 e. The second-order valence-electron chi connectivity index (χ2n) is 5.99. The average Bonchev–Trinajstić information content (AvgIpc) is 2.69. The van der Waals surface area contributed by atoms with Gasteiger partial charge in [0, 0.05) is 4.88 Å². The predicted octanol–water partition coefficient (Wildman–Crippen LogP) is 3.77. The Kier molecular flexibility index (Phi) is 4.74. The smallest absolute Gasteiger partial charge is 0.349 e. The van der Waals surface area contributed by atoms with Crippen molar-refractivity contribution in [1.29, 1.82) is 0 Å². The van der Waals surface area contributed by atoms with Crippen molar-refractivity contribution >= 4 is 23.3 Å². The van der Waals surface area contributed by atoms with Crippen molar-refractivity contribution < 1.29 is 19.4 Å². The molecular weight excluding hydrogens is 264 g/mol. The number of esters is 1. The number of carbonyl (C=O) groups excluding carboxylic acids is 1. The van der Waals surface area contributed by atoms with Crippen molar-refractivity contribution in [2.75, 3.05) is 6.61 Å².